The summed E-state index contributed by atoms with van der Waals surface area (Å²) in [5, 5.41) is 30.5. The minimum atomic E-state index is -1.13. The fourth-order valence-electron chi connectivity index (χ4n) is 4.07. The Labute approximate surface area is 225 Å². The van der Waals surface area contributed by atoms with Crippen LogP contribution >= 0.6 is 23.4 Å². The molecule has 190 valence electrons. The number of carboxylic acid groups (broad SMARTS) is 1. The van der Waals surface area contributed by atoms with Gasteiger partial charge >= 0.3 is 5.97 Å². The molecular weight excluding hydrogens is 528 g/mol. The van der Waals surface area contributed by atoms with Crippen LogP contribution in [-0.4, -0.2) is 30.8 Å². The van der Waals surface area contributed by atoms with Crippen LogP contribution in [0.2, 0.25) is 5.02 Å². The Morgan fingerprint density at radius 2 is 1.82 bits per heavy atom. The first-order valence-electron chi connectivity index (χ1n) is 11.3. The molecule has 5 rings (SSSR count). The molecular formula is C27H19ClN4O5S. The zero-order valence-electron chi connectivity index (χ0n) is 19.9. The second-order valence-electron chi connectivity index (χ2n) is 8.32. The van der Waals surface area contributed by atoms with Crippen LogP contribution < -0.4 is 0 Å². The van der Waals surface area contributed by atoms with E-state index in [0.29, 0.717) is 17.1 Å². The van der Waals surface area contributed by atoms with E-state index in [9.17, 15) is 20.0 Å². The molecule has 0 spiro atoms. The van der Waals surface area contributed by atoms with E-state index < -0.39 is 10.9 Å². The summed E-state index contributed by atoms with van der Waals surface area (Å²) >= 11 is 6.80. The maximum Gasteiger partial charge on any atom is 0.342 e. The average Bonchev–Trinajstić information content (AvgIpc) is 3.48. The largest absolute Gasteiger partial charge is 0.477 e. The normalized spacial score (nSPS) is 11.7. The van der Waals surface area contributed by atoms with Gasteiger partial charge in [0.25, 0.3) is 10.9 Å². The van der Waals surface area contributed by atoms with Crippen molar-refractivity contribution in [1.82, 2.24) is 14.8 Å². The third kappa shape index (κ3) is 5.17. The van der Waals surface area contributed by atoms with Gasteiger partial charge in [-0.3, -0.25) is 10.1 Å². The van der Waals surface area contributed by atoms with Gasteiger partial charge < -0.3 is 14.1 Å². The van der Waals surface area contributed by atoms with Crippen LogP contribution in [0.25, 0.3) is 28.4 Å². The number of carboxylic acids is 1. The molecule has 1 N–H and O–H groups in total. The highest BCUT2D eigenvalue weighted by atomic mass is 35.5. The number of halogens is 1. The summed E-state index contributed by atoms with van der Waals surface area (Å²) in [4.78, 5) is 22.8. The third-order valence-corrected chi connectivity index (χ3v) is 7.05. The SMILES string of the molecule is Cc1c(/C=C(\Sc2nnc(-c3ccc(Cl)cc3)o2)C(=O)O)c2ccccc2n1Cc1ccc([N+](=O)[O-])cc1. The Hall–Kier alpha value is -4.41. The molecule has 0 saturated carbocycles. The maximum atomic E-state index is 12.2. The van der Waals surface area contributed by atoms with Crippen molar-refractivity contribution >= 4 is 52.0 Å². The van der Waals surface area contributed by atoms with Crippen molar-refractivity contribution in [3.05, 3.63) is 110 Å². The summed E-state index contributed by atoms with van der Waals surface area (Å²) in [6.45, 7) is 2.37. The smallest absolute Gasteiger partial charge is 0.342 e. The Balaban J connectivity index is 1.49. The number of carbonyl (C=O) groups is 1. The predicted molar refractivity (Wildman–Crippen MR) is 145 cm³/mol. The van der Waals surface area contributed by atoms with Gasteiger partial charge in [-0.25, -0.2) is 4.79 Å². The van der Waals surface area contributed by atoms with Crippen LogP contribution in [0.5, 0.6) is 0 Å². The summed E-state index contributed by atoms with van der Waals surface area (Å²) in [6.07, 6.45) is 1.60. The van der Waals surface area contributed by atoms with Gasteiger partial charge in [0.05, 0.1) is 4.92 Å². The number of aliphatic carboxylic acids is 1. The molecule has 0 atom stereocenters. The monoisotopic (exact) mass is 546 g/mol. The van der Waals surface area contributed by atoms with Crippen molar-refractivity contribution in [2.24, 2.45) is 0 Å². The third-order valence-electron chi connectivity index (χ3n) is 5.95. The molecule has 0 bridgehead atoms. The number of aromatic nitrogens is 3. The lowest BCUT2D eigenvalue weighted by molar-refractivity contribution is -0.384. The number of nitrogens with zero attached hydrogens (tertiary/aromatic N) is 4. The Morgan fingerprint density at radius 3 is 2.50 bits per heavy atom. The molecule has 9 nitrogen and oxygen atoms in total. The molecule has 0 unspecified atom stereocenters. The van der Waals surface area contributed by atoms with E-state index in [-0.39, 0.29) is 21.7 Å². The number of non-ortho nitro benzene ring substituents is 1. The quantitative estimate of drug-likeness (QED) is 0.0971. The first kappa shape index (κ1) is 25.2. The van der Waals surface area contributed by atoms with Crippen LogP contribution in [0.15, 0.2) is 87.3 Å². The van der Waals surface area contributed by atoms with Crippen molar-refractivity contribution < 1.29 is 19.2 Å². The van der Waals surface area contributed by atoms with Crippen LogP contribution in [0, 0.1) is 17.0 Å². The van der Waals surface area contributed by atoms with Gasteiger partial charge in [0, 0.05) is 51.4 Å². The van der Waals surface area contributed by atoms with Crippen LogP contribution in [-0.2, 0) is 11.3 Å². The highest BCUT2D eigenvalue weighted by Crippen LogP contribution is 2.34. The highest BCUT2D eigenvalue weighted by molar-refractivity contribution is 8.03. The van der Waals surface area contributed by atoms with Crippen molar-refractivity contribution in [3.8, 4) is 11.5 Å². The molecule has 38 heavy (non-hydrogen) atoms. The second-order valence-corrected chi connectivity index (χ2v) is 9.75. The van der Waals surface area contributed by atoms with Crippen molar-refractivity contribution in [3.63, 3.8) is 0 Å². The lowest BCUT2D eigenvalue weighted by atomic mass is 10.1. The van der Waals surface area contributed by atoms with Gasteiger partial charge in [-0.05, 0) is 60.7 Å². The molecule has 0 amide bonds. The zero-order chi connectivity index (χ0) is 26.8. The van der Waals surface area contributed by atoms with Crippen LogP contribution in [0.1, 0.15) is 16.8 Å². The molecule has 0 aliphatic rings. The predicted octanol–water partition coefficient (Wildman–Crippen LogP) is 6.83. The van der Waals surface area contributed by atoms with E-state index in [2.05, 4.69) is 14.8 Å². The molecule has 2 heterocycles. The van der Waals surface area contributed by atoms with Crippen LogP contribution in [0.4, 0.5) is 5.69 Å². The number of fused-ring (bicyclic) bond motifs is 1. The number of hydrogen-bond donors (Lipinski definition) is 1. The standard InChI is InChI=1S/C27H19ClN4O5S/c1-16-22(14-24(26(33)34)38-27-30-29-25(37-27)18-8-10-19(28)11-9-18)21-4-2-3-5-23(21)31(16)15-17-6-12-20(13-7-17)32(35)36/h2-14H,15H2,1H3,(H,33,34)/b24-14-. The number of para-hydroxylation sites is 1. The van der Waals surface area contributed by atoms with E-state index in [1.165, 1.54) is 12.1 Å². The number of benzene rings is 3. The van der Waals surface area contributed by atoms with Crippen molar-refractivity contribution in [2.75, 3.05) is 0 Å². The summed E-state index contributed by atoms with van der Waals surface area (Å²) in [5.41, 5.74) is 4.06. The zero-order valence-corrected chi connectivity index (χ0v) is 21.4. The van der Waals surface area contributed by atoms with E-state index in [0.717, 1.165) is 39.5 Å². The fourth-order valence-corrected chi connectivity index (χ4v) is 4.85. The summed E-state index contributed by atoms with van der Waals surface area (Å²) in [5.74, 6) is -0.877. The molecule has 5 aromatic rings. The topological polar surface area (TPSA) is 124 Å². The summed E-state index contributed by atoms with van der Waals surface area (Å²) in [7, 11) is 0. The molecule has 0 aliphatic heterocycles. The molecule has 0 fully saturated rings. The Kier molecular flexibility index (Phi) is 6.99. The van der Waals surface area contributed by atoms with Crippen molar-refractivity contribution in [2.45, 2.75) is 18.7 Å². The second kappa shape index (κ2) is 10.5. The first-order chi connectivity index (χ1) is 18.3. The first-order valence-corrected chi connectivity index (χ1v) is 12.5. The van der Waals surface area contributed by atoms with Gasteiger partial charge in [0.2, 0.25) is 5.89 Å². The van der Waals surface area contributed by atoms with Gasteiger partial charge in [-0.2, -0.15) is 0 Å². The van der Waals surface area contributed by atoms with E-state index in [1.807, 2.05) is 31.2 Å². The maximum absolute atomic E-state index is 12.2. The van der Waals surface area contributed by atoms with Gasteiger partial charge in [-0.15, -0.1) is 10.2 Å². The lowest BCUT2D eigenvalue weighted by Gasteiger charge is -2.09. The van der Waals surface area contributed by atoms with E-state index in [1.54, 1.807) is 42.5 Å². The number of hydrogen-bond acceptors (Lipinski definition) is 7. The Morgan fingerprint density at radius 1 is 1.11 bits per heavy atom. The molecule has 0 radical (unpaired) electrons. The minimum absolute atomic E-state index is 0.0117. The van der Waals surface area contributed by atoms with Gasteiger partial charge in [0.1, 0.15) is 4.91 Å². The summed E-state index contributed by atoms with van der Waals surface area (Å²) < 4.78 is 7.75. The number of nitro benzene ring substituents is 1. The number of thioether (sulfide) groups is 1. The summed E-state index contributed by atoms with van der Waals surface area (Å²) in [6, 6.07) is 20.9. The van der Waals surface area contributed by atoms with Gasteiger partial charge in [0.15, 0.2) is 0 Å². The van der Waals surface area contributed by atoms with E-state index >= 15 is 0 Å². The average molecular weight is 547 g/mol. The molecule has 2 aromatic heterocycles. The lowest BCUT2D eigenvalue weighted by Crippen LogP contribution is -2.02. The fraction of sp³-hybridized carbons (Fsp3) is 0.0741. The number of nitro groups is 1. The molecule has 3 aromatic carbocycles. The highest BCUT2D eigenvalue weighted by Gasteiger charge is 2.19. The van der Waals surface area contributed by atoms with Gasteiger partial charge in [-0.1, -0.05) is 41.9 Å². The van der Waals surface area contributed by atoms with Crippen LogP contribution in [0.3, 0.4) is 0 Å². The Bertz CT molecular complexity index is 1690. The van der Waals surface area contributed by atoms with Crippen molar-refractivity contribution in [1.29, 1.82) is 0 Å². The molecule has 0 saturated heterocycles. The molecule has 11 heteroatoms. The van der Waals surface area contributed by atoms with E-state index in [4.69, 9.17) is 16.0 Å². The number of rotatable bonds is 8. The minimum Gasteiger partial charge on any atom is -0.477 e. The molecule has 0 aliphatic carbocycles.